The van der Waals surface area contributed by atoms with Crippen LogP contribution in [0.4, 0.5) is 4.39 Å². The lowest BCUT2D eigenvalue weighted by Crippen LogP contribution is -2.39. The van der Waals surface area contributed by atoms with Crippen LogP contribution < -0.4 is 4.74 Å². The third-order valence-electron chi connectivity index (χ3n) is 5.26. The van der Waals surface area contributed by atoms with Gasteiger partial charge < -0.3 is 14.2 Å². The summed E-state index contributed by atoms with van der Waals surface area (Å²) in [5.74, 6) is 0.995. The molecule has 0 spiro atoms. The van der Waals surface area contributed by atoms with E-state index in [0.717, 1.165) is 31.6 Å². The Balaban J connectivity index is 1.60. The van der Waals surface area contributed by atoms with Crippen molar-refractivity contribution >= 4 is 5.91 Å². The minimum absolute atomic E-state index is 0.109. The summed E-state index contributed by atoms with van der Waals surface area (Å²) in [6.45, 7) is 1.56. The van der Waals surface area contributed by atoms with Gasteiger partial charge in [0.05, 0.1) is 13.2 Å². The van der Waals surface area contributed by atoms with Crippen molar-refractivity contribution in [2.45, 2.75) is 44.7 Å². The van der Waals surface area contributed by atoms with Crippen LogP contribution in [0, 0.1) is 11.7 Å². The van der Waals surface area contributed by atoms with Gasteiger partial charge in [0, 0.05) is 18.7 Å². The van der Waals surface area contributed by atoms with Crippen molar-refractivity contribution in [3.05, 3.63) is 41.7 Å². The Morgan fingerprint density at radius 1 is 1.31 bits per heavy atom. The first-order chi connectivity index (χ1) is 12.7. The summed E-state index contributed by atoms with van der Waals surface area (Å²) in [6.07, 6.45) is 7.09. The van der Waals surface area contributed by atoms with Crippen molar-refractivity contribution in [1.82, 2.24) is 19.7 Å². The van der Waals surface area contributed by atoms with E-state index in [4.69, 9.17) is 4.74 Å². The molecule has 1 aliphatic carbocycles. The Kier molecular flexibility index (Phi) is 4.61. The molecule has 2 aliphatic rings. The fourth-order valence-electron chi connectivity index (χ4n) is 3.65. The number of amides is 1. The van der Waals surface area contributed by atoms with Crippen molar-refractivity contribution in [3.63, 3.8) is 0 Å². The van der Waals surface area contributed by atoms with E-state index in [2.05, 4.69) is 14.8 Å². The molecule has 2 heterocycles. The molecular formula is C19H23FN4O2. The molecule has 1 saturated heterocycles. The number of piperidine rings is 1. The van der Waals surface area contributed by atoms with Gasteiger partial charge in [0.25, 0.3) is 5.91 Å². The number of benzene rings is 1. The third kappa shape index (κ3) is 3.30. The average molecular weight is 358 g/mol. The molecule has 138 valence electrons. The molecule has 1 aromatic carbocycles. The molecule has 6 nitrogen and oxygen atoms in total. The standard InChI is InChI=1S/C19H23FN4O2/c1-26-17-8-7-14(10-15(17)20)19(25)24-9-3-2-4-16(24)18-22-21-12-23(18)11-13-5-6-13/h7-8,10,12-13,16H,2-6,9,11H2,1H3/t16-/m1/s1. The first-order valence-corrected chi connectivity index (χ1v) is 9.19. The zero-order chi connectivity index (χ0) is 18.1. The molecule has 0 bridgehead atoms. The van der Waals surface area contributed by atoms with Crippen LogP contribution in [-0.4, -0.2) is 39.2 Å². The first-order valence-electron chi connectivity index (χ1n) is 9.19. The first kappa shape index (κ1) is 17.0. The zero-order valence-corrected chi connectivity index (χ0v) is 14.9. The number of aromatic nitrogens is 3. The fourth-order valence-corrected chi connectivity index (χ4v) is 3.65. The van der Waals surface area contributed by atoms with Crippen LogP contribution in [0.5, 0.6) is 5.75 Å². The molecule has 26 heavy (non-hydrogen) atoms. The lowest BCUT2D eigenvalue weighted by Gasteiger charge is -2.35. The van der Waals surface area contributed by atoms with Gasteiger partial charge in [-0.2, -0.15) is 0 Å². The Morgan fingerprint density at radius 2 is 2.15 bits per heavy atom. The number of methoxy groups -OCH3 is 1. The maximum atomic E-state index is 14.0. The van der Waals surface area contributed by atoms with Gasteiger partial charge in [0.1, 0.15) is 6.33 Å². The molecule has 0 unspecified atom stereocenters. The predicted octanol–water partition coefficient (Wildman–Crippen LogP) is 3.20. The van der Waals surface area contributed by atoms with Crippen molar-refractivity contribution in [2.24, 2.45) is 5.92 Å². The van der Waals surface area contributed by atoms with Crippen LogP contribution >= 0.6 is 0 Å². The van der Waals surface area contributed by atoms with Gasteiger partial charge in [-0.1, -0.05) is 0 Å². The highest BCUT2D eigenvalue weighted by atomic mass is 19.1. The molecule has 2 aromatic rings. The van der Waals surface area contributed by atoms with E-state index >= 15 is 0 Å². The summed E-state index contributed by atoms with van der Waals surface area (Å²) in [6, 6.07) is 4.26. The van der Waals surface area contributed by atoms with Gasteiger partial charge in [-0.3, -0.25) is 4.79 Å². The molecule has 2 fully saturated rings. The molecule has 1 amide bonds. The highest BCUT2D eigenvalue weighted by Crippen LogP contribution is 2.35. The number of carbonyl (C=O) groups is 1. The molecule has 7 heteroatoms. The van der Waals surface area contributed by atoms with Crippen LogP contribution in [0.1, 0.15) is 54.3 Å². The zero-order valence-electron chi connectivity index (χ0n) is 14.9. The van der Waals surface area contributed by atoms with Gasteiger partial charge in [-0.15, -0.1) is 10.2 Å². The summed E-state index contributed by atoms with van der Waals surface area (Å²) in [5, 5.41) is 8.40. The lowest BCUT2D eigenvalue weighted by molar-refractivity contribution is 0.0593. The Bertz CT molecular complexity index is 803. The minimum Gasteiger partial charge on any atom is -0.494 e. The summed E-state index contributed by atoms with van der Waals surface area (Å²) in [4.78, 5) is 14.9. The van der Waals surface area contributed by atoms with E-state index in [0.29, 0.717) is 18.0 Å². The highest BCUT2D eigenvalue weighted by molar-refractivity contribution is 5.94. The van der Waals surface area contributed by atoms with E-state index in [1.165, 1.54) is 32.1 Å². The summed E-state index contributed by atoms with van der Waals surface area (Å²) in [7, 11) is 1.41. The molecule has 1 aliphatic heterocycles. The van der Waals surface area contributed by atoms with Gasteiger partial charge in [-0.05, 0) is 56.2 Å². The number of nitrogens with zero attached hydrogens (tertiary/aromatic N) is 4. The number of halogens is 1. The van der Waals surface area contributed by atoms with Crippen LogP contribution in [0.2, 0.25) is 0 Å². The van der Waals surface area contributed by atoms with Gasteiger partial charge >= 0.3 is 0 Å². The third-order valence-corrected chi connectivity index (χ3v) is 5.26. The van der Waals surface area contributed by atoms with Crippen molar-refractivity contribution in [1.29, 1.82) is 0 Å². The average Bonchev–Trinajstić information content (AvgIpc) is 3.36. The summed E-state index contributed by atoms with van der Waals surface area (Å²) in [5.41, 5.74) is 0.337. The number of carbonyl (C=O) groups excluding carboxylic acids is 1. The second-order valence-corrected chi connectivity index (χ2v) is 7.14. The molecule has 0 radical (unpaired) electrons. The number of likely N-dealkylation sites (tertiary alicyclic amines) is 1. The van der Waals surface area contributed by atoms with E-state index in [-0.39, 0.29) is 17.7 Å². The van der Waals surface area contributed by atoms with Gasteiger partial charge in [0.2, 0.25) is 0 Å². The monoisotopic (exact) mass is 358 g/mol. The minimum atomic E-state index is -0.524. The van der Waals surface area contributed by atoms with Crippen molar-refractivity contribution < 1.29 is 13.9 Å². The van der Waals surface area contributed by atoms with E-state index in [1.54, 1.807) is 12.4 Å². The number of rotatable bonds is 5. The summed E-state index contributed by atoms with van der Waals surface area (Å²) >= 11 is 0. The number of hydrogen-bond acceptors (Lipinski definition) is 4. The normalized spacial score (nSPS) is 20.2. The SMILES string of the molecule is COc1ccc(C(=O)N2CCCC[C@@H]2c2nncn2CC2CC2)cc1F. The van der Waals surface area contributed by atoms with Crippen LogP contribution in [0.15, 0.2) is 24.5 Å². The quantitative estimate of drug-likeness (QED) is 0.823. The van der Waals surface area contributed by atoms with Crippen LogP contribution in [0.25, 0.3) is 0 Å². The lowest BCUT2D eigenvalue weighted by atomic mass is 9.99. The smallest absolute Gasteiger partial charge is 0.254 e. The largest absolute Gasteiger partial charge is 0.494 e. The summed E-state index contributed by atoms with van der Waals surface area (Å²) < 4.78 is 21.1. The Labute approximate surface area is 152 Å². The number of ether oxygens (including phenoxy) is 1. The molecule has 1 atom stereocenters. The molecular weight excluding hydrogens is 335 g/mol. The number of hydrogen-bond donors (Lipinski definition) is 0. The van der Waals surface area contributed by atoms with E-state index in [9.17, 15) is 9.18 Å². The predicted molar refractivity (Wildman–Crippen MR) is 93.3 cm³/mol. The molecule has 4 rings (SSSR count). The van der Waals surface area contributed by atoms with Crippen molar-refractivity contribution in [3.8, 4) is 5.75 Å². The maximum absolute atomic E-state index is 14.0. The van der Waals surface area contributed by atoms with Gasteiger partial charge in [-0.25, -0.2) is 4.39 Å². The fraction of sp³-hybridized carbons (Fsp3) is 0.526. The molecule has 0 N–H and O–H groups in total. The topological polar surface area (TPSA) is 60.2 Å². The van der Waals surface area contributed by atoms with E-state index < -0.39 is 5.82 Å². The van der Waals surface area contributed by atoms with Crippen molar-refractivity contribution in [2.75, 3.05) is 13.7 Å². The Morgan fingerprint density at radius 3 is 2.88 bits per heavy atom. The second kappa shape index (κ2) is 7.05. The van der Waals surface area contributed by atoms with Gasteiger partial charge in [0.15, 0.2) is 17.4 Å². The maximum Gasteiger partial charge on any atom is 0.254 e. The molecule has 1 aromatic heterocycles. The Hall–Kier alpha value is -2.44. The van der Waals surface area contributed by atoms with Crippen LogP contribution in [-0.2, 0) is 6.54 Å². The van der Waals surface area contributed by atoms with E-state index in [1.807, 2.05) is 4.90 Å². The second-order valence-electron chi connectivity index (χ2n) is 7.14. The molecule has 1 saturated carbocycles. The van der Waals surface area contributed by atoms with Crippen LogP contribution in [0.3, 0.4) is 0 Å². The highest BCUT2D eigenvalue weighted by Gasteiger charge is 2.33.